The number of hydrogen-bond acceptors (Lipinski definition) is 4. The van der Waals surface area contributed by atoms with Crippen molar-refractivity contribution in [2.75, 3.05) is 13.2 Å². The summed E-state index contributed by atoms with van der Waals surface area (Å²) in [5.41, 5.74) is 2.26. The molecular formula is C17H24N2OS. The number of rotatable bonds is 9. The van der Waals surface area contributed by atoms with E-state index in [1.807, 2.05) is 18.2 Å². The molecule has 0 amide bonds. The standard InChI is InChI=1S/C17H24N2OS/c1-14(2)20-11-7-6-10-18-12-17-19-16(13-21-17)15-8-4-3-5-9-15/h3-5,8-9,13-14,18H,6-7,10-12H2,1-2H3. The molecule has 1 aromatic heterocycles. The zero-order chi connectivity index (χ0) is 14.9. The molecule has 1 heterocycles. The predicted molar refractivity (Wildman–Crippen MR) is 89.6 cm³/mol. The van der Waals surface area contributed by atoms with E-state index in [-0.39, 0.29) is 0 Å². The lowest BCUT2D eigenvalue weighted by Crippen LogP contribution is -2.15. The summed E-state index contributed by atoms with van der Waals surface area (Å²) in [4.78, 5) is 4.67. The van der Waals surface area contributed by atoms with Crippen LogP contribution in [0.2, 0.25) is 0 Å². The number of hydrogen-bond donors (Lipinski definition) is 1. The quantitative estimate of drug-likeness (QED) is 0.708. The van der Waals surface area contributed by atoms with Gasteiger partial charge in [0.2, 0.25) is 0 Å². The van der Waals surface area contributed by atoms with Gasteiger partial charge in [-0.05, 0) is 33.2 Å². The highest BCUT2D eigenvalue weighted by Crippen LogP contribution is 2.21. The van der Waals surface area contributed by atoms with Gasteiger partial charge in [0, 0.05) is 24.1 Å². The summed E-state index contributed by atoms with van der Waals surface area (Å²) in [6, 6.07) is 10.3. The highest BCUT2D eigenvalue weighted by Gasteiger charge is 2.03. The third-order valence-electron chi connectivity index (χ3n) is 3.10. The molecule has 0 saturated heterocycles. The molecule has 0 fully saturated rings. The molecular weight excluding hydrogens is 280 g/mol. The largest absolute Gasteiger partial charge is 0.379 e. The van der Waals surface area contributed by atoms with E-state index in [2.05, 4.69) is 41.7 Å². The molecule has 0 spiro atoms. The van der Waals surface area contributed by atoms with E-state index in [1.165, 1.54) is 5.56 Å². The van der Waals surface area contributed by atoms with Gasteiger partial charge >= 0.3 is 0 Å². The zero-order valence-electron chi connectivity index (χ0n) is 12.8. The molecule has 0 aliphatic rings. The molecule has 0 aliphatic carbocycles. The number of thiazole rings is 1. The minimum atomic E-state index is 0.338. The van der Waals surface area contributed by atoms with Gasteiger partial charge in [-0.15, -0.1) is 11.3 Å². The maximum absolute atomic E-state index is 5.52. The molecule has 1 aromatic carbocycles. The van der Waals surface area contributed by atoms with Crippen molar-refractivity contribution in [1.82, 2.24) is 10.3 Å². The number of ether oxygens (including phenoxy) is 1. The van der Waals surface area contributed by atoms with Crippen LogP contribution in [0, 0.1) is 0 Å². The number of nitrogens with one attached hydrogen (secondary N) is 1. The fourth-order valence-corrected chi connectivity index (χ4v) is 2.77. The first kappa shape index (κ1) is 16.1. The lowest BCUT2D eigenvalue weighted by Gasteiger charge is -2.07. The van der Waals surface area contributed by atoms with E-state index in [0.717, 1.165) is 43.2 Å². The van der Waals surface area contributed by atoms with E-state index in [4.69, 9.17) is 4.74 Å². The van der Waals surface area contributed by atoms with Gasteiger partial charge in [0.15, 0.2) is 0 Å². The first-order chi connectivity index (χ1) is 10.3. The first-order valence-corrected chi connectivity index (χ1v) is 8.46. The first-order valence-electron chi connectivity index (χ1n) is 7.58. The second-order valence-electron chi connectivity index (χ2n) is 5.30. The summed E-state index contributed by atoms with van der Waals surface area (Å²) in [6.45, 7) is 6.87. The van der Waals surface area contributed by atoms with Crippen LogP contribution < -0.4 is 5.32 Å². The summed E-state index contributed by atoms with van der Waals surface area (Å²) >= 11 is 1.72. The van der Waals surface area contributed by atoms with Crippen LogP contribution in [0.4, 0.5) is 0 Å². The van der Waals surface area contributed by atoms with Gasteiger partial charge < -0.3 is 10.1 Å². The van der Waals surface area contributed by atoms with Crippen molar-refractivity contribution < 1.29 is 4.74 Å². The summed E-state index contributed by atoms with van der Waals surface area (Å²) in [7, 11) is 0. The highest BCUT2D eigenvalue weighted by atomic mass is 32.1. The predicted octanol–water partition coefficient (Wildman–Crippen LogP) is 4.10. The lowest BCUT2D eigenvalue weighted by atomic mass is 10.2. The number of unbranched alkanes of at least 4 members (excludes halogenated alkanes) is 1. The van der Waals surface area contributed by atoms with E-state index in [0.29, 0.717) is 6.10 Å². The Kier molecular flexibility index (Phi) is 6.86. The molecule has 1 N–H and O–H groups in total. The molecule has 0 bridgehead atoms. The number of benzene rings is 1. The van der Waals surface area contributed by atoms with Crippen LogP contribution in [-0.2, 0) is 11.3 Å². The summed E-state index contributed by atoms with van der Waals surface area (Å²) in [5.74, 6) is 0. The van der Waals surface area contributed by atoms with Gasteiger partial charge in [-0.2, -0.15) is 0 Å². The van der Waals surface area contributed by atoms with Gasteiger partial charge in [-0.25, -0.2) is 4.98 Å². The van der Waals surface area contributed by atoms with Gasteiger partial charge in [-0.1, -0.05) is 30.3 Å². The molecule has 3 nitrogen and oxygen atoms in total. The monoisotopic (exact) mass is 304 g/mol. The Morgan fingerprint density at radius 2 is 2.00 bits per heavy atom. The smallest absolute Gasteiger partial charge is 0.107 e. The Hall–Kier alpha value is -1.23. The molecule has 2 rings (SSSR count). The molecule has 0 aliphatic heterocycles. The van der Waals surface area contributed by atoms with Crippen LogP contribution in [0.25, 0.3) is 11.3 Å². The number of aromatic nitrogens is 1. The zero-order valence-corrected chi connectivity index (χ0v) is 13.7. The van der Waals surface area contributed by atoms with Gasteiger partial charge in [0.25, 0.3) is 0 Å². The van der Waals surface area contributed by atoms with Crippen molar-refractivity contribution >= 4 is 11.3 Å². The molecule has 2 aromatic rings. The molecule has 21 heavy (non-hydrogen) atoms. The van der Waals surface area contributed by atoms with E-state index in [1.54, 1.807) is 11.3 Å². The molecule has 0 radical (unpaired) electrons. The van der Waals surface area contributed by atoms with E-state index in [9.17, 15) is 0 Å². The van der Waals surface area contributed by atoms with E-state index < -0.39 is 0 Å². The van der Waals surface area contributed by atoms with Gasteiger partial charge in [-0.3, -0.25) is 0 Å². The van der Waals surface area contributed by atoms with Crippen LogP contribution >= 0.6 is 11.3 Å². The maximum atomic E-state index is 5.52. The number of nitrogens with zero attached hydrogens (tertiary/aromatic N) is 1. The molecule has 114 valence electrons. The fraction of sp³-hybridized carbons (Fsp3) is 0.471. The van der Waals surface area contributed by atoms with Crippen molar-refractivity contribution in [3.63, 3.8) is 0 Å². The van der Waals surface area contributed by atoms with Crippen molar-refractivity contribution in [3.8, 4) is 11.3 Å². The van der Waals surface area contributed by atoms with Gasteiger partial charge in [0.05, 0.1) is 11.8 Å². The highest BCUT2D eigenvalue weighted by molar-refractivity contribution is 7.09. The van der Waals surface area contributed by atoms with E-state index >= 15 is 0 Å². The Morgan fingerprint density at radius 1 is 1.19 bits per heavy atom. The molecule has 4 heteroatoms. The van der Waals surface area contributed by atoms with Crippen molar-refractivity contribution in [2.45, 2.75) is 39.3 Å². The van der Waals surface area contributed by atoms with Crippen molar-refractivity contribution in [2.24, 2.45) is 0 Å². The van der Waals surface area contributed by atoms with Crippen LogP contribution in [-0.4, -0.2) is 24.2 Å². The Bertz CT molecular complexity index is 511. The molecule has 0 saturated carbocycles. The fourth-order valence-electron chi connectivity index (χ4n) is 2.00. The third-order valence-corrected chi connectivity index (χ3v) is 3.95. The van der Waals surface area contributed by atoms with Crippen molar-refractivity contribution in [3.05, 3.63) is 40.7 Å². The average Bonchev–Trinajstić information content (AvgIpc) is 2.96. The topological polar surface area (TPSA) is 34.1 Å². The second kappa shape index (κ2) is 8.93. The Labute approximate surface area is 131 Å². The maximum Gasteiger partial charge on any atom is 0.107 e. The SMILES string of the molecule is CC(C)OCCCCNCc1nc(-c2ccccc2)cs1. The lowest BCUT2D eigenvalue weighted by molar-refractivity contribution is 0.0760. The Balaban J connectivity index is 1.65. The van der Waals surface area contributed by atoms with Crippen LogP contribution in [0.1, 0.15) is 31.7 Å². The summed E-state index contributed by atoms with van der Waals surface area (Å²) in [6.07, 6.45) is 2.59. The van der Waals surface area contributed by atoms with Crippen LogP contribution in [0.15, 0.2) is 35.7 Å². The van der Waals surface area contributed by atoms with Crippen molar-refractivity contribution in [1.29, 1.82) is 0 Å². The second-order valence-corrected chi connectivity index (χ2v) is 6.24. The molecule has 0 atom stereocenters. The van der Waals surface area contributed by atoms with Crippen LogP contribution in [0.5, 0.6) is 0 Å². The third kappa shape index (κ3) is 5.96. The summed E-state index contributed by atoms with van der Waals surface area (Å²) < 4.78 is 5.52. The average molecular weight is 304 g/mol. The van der Waals surface area contributed by atoms with Gasteiger partial charge in [0.1, 0.15) is 5.01 Å². The Morgan fingerprint density at radius 3 is 2.76 bits per heavy atom. The minimum absolute atomic E-state index is 0.338. The summed E-state index contributed by atoms with van der Waals surface area (Å²) in [5, 5.41) is 6.72. The van der Waals surface area contributed by atoms with Crippen LogP contribution in [0.3, 0.4) is 0 Å². The normalized spacial score (nSPS) is 11.2. The molecule has 0 unspecified atom stereocenters. The minimum Gasteiger partial charge on any atom is -0.379 e.